The van der Waals surface area contributed by atoms with Crippen molar-refractivity contribution in [3.8, 4) is 0 Å². The molecule has 1 unspecified atom stereocenters. The summed E-state index contributed by atoms with van der Waals surface area (Å²) in [4.78, 5) is 8.97. The Morgan fingerprint density at radius 1 is 1.43 bits per heavy atom. The molecule has 116 valence electrons. The van der Waals surface area contributed by atoms with Gasteiger partial charge < -0.3 is 15.4 Å². The van der Waals surface area contributed by atoms with Gasteiger partial charge in [0.2, 0.25) is 0 Å². The van der Waals surface area contributed by atoms with Gasteiger partial charge in [0.25, 0.3) is 0 Å². The molecule has 1 aliphatic rings. The Bertz CT molecular complexity index is 441. The fraction of sp³-hybridized carbons (Fsp3) is 0.625. The lowest BCUT2D eigenvalue weighted by atomic mass is 10.0. The first-order valence-electron chi connectivity index (χ1n) is 7.78. The van der Waals surface area contributed by atoms with Crippen molar-refractivity contribution in [3.05, 3.63) is 30.1 Å². The zero-order chi connectivity index (χ0) is 15.0. The minimum atomic E-state index is -0.0939. The Hall–Kier alpha value is -1.62. The maximum absolute atomic E-state index is 5.77. The molecule has 1 aliphatic heterocycles. The Kier molecular flexibility index (Phi) is 5.99. The lowest BCUT2D eigenvalue weighted by molar-refractivity contribution is 0.0283. The number of hydrogen-bond donors (Lipinski definition) is 2. The number of nitrogens with zero attached hydrogens (tertiary/aromatic N) is 2. The molecule has 0 aromatic carbocycles. The molecule has 5 heteroatoms. The molecular weight excluding hydrogens is 264 g/mol. The van der Waals surface area contributed by atoms with Crippen LogP contribution in [-0.4, -0.2) is 42.8 Å². The lowest BCUT2D eigenvalue weighted by Gasteiger charge is -2.21. The summed E-state index contributed by atoms with van der Waals surface area (Å²) in [5.41, 5.74) is 0.996. The van der Waals surface area contributed by atoms with Crippen LogP contribution in [0.25, 0.3) is 0 Å². The maximum atomic E-state index is 5.77. The number of aromatic nitrogens is 1. The van der Waals surface area contributed by atoms with Crippen LogP contribution in [0.15, 0.2) is 29.4 Å². The number of nitrogens with one attached hydrogen (secondary N) is 2. The molecule has 1 aromatic rings. The highest BCUT2D eigenvalue weighted by Gasteiger charge is 2.29. The molecule has 1 aromatic heterocycles. The minimum absolute atomic E-state index is 0.0939. The van der Waals surface area contributed by atoms with Crippen LogP contribution in [0.3, 0.4) is 0 Å². The van der Waals surface area contributed by atoms with Gasteiger partial charge in [0, 0.05) is 38.0 Å². The Labute approximate surface area is 127 Å². The van der Waals surface area contributed by atoms with Crippen molar-refractivity contribution < 1.29 is 4.74 Å². The highest BCUT2D eigenvalue weighted by atomic mass is 16.5. The van der Waals surface area contributed by atoms with E-state index in [0.717, 1.165) is 50.6 Å². The van der Waals surface area contributed by atoms with Crippen molar-refractivity contribution in [2.75, 3.05) is 26.2 Å². The number of aliphatic imine (C=N–C) groups is 1. The summed E-state index contributed by atoms with van der Waals surface area (Å²) >= 11 is 0. The summed E-state index contributed by atoms with van der Waals surface area (Å²) in [5, 5.41) is 6.63. The monoisotopic (exact) mass is 290 g/mol. The van der Waals surface area contributed by atoms with E-state index in [1.165, 1.54) is 0 Å². The summed E-state index contributed by atoms with van der Waals surface area (Å²) < 4.78 is 5.77. The van der Waals surface area contributed by atoms with Crippen LogP contribution in [0.4, 0.5) is 0 Å². The average Bonchev–Trinajstić information content (AvgIpc) is 2.93. The van der Waals surface area contributed by atoms with E-state index in [2.05, 4.69) is 34.5 Å². The summed E-state index contributed by atoms with van der Waals surface area (Å²) in [6.07, 6.45) is 4.94. The third-order valence-corrected chi connectivity index (χ3v) is 3.62. The van der Waals surface area contributed by atoms with E-state index in [1.807, 2.05) is 24.4 Å². The summed E-state index contributed by atoms with van der Waals surface area (Å²) in [7, 11) is 0. The van der Waals surface area contributed by atoms with Gasteiger partial charge >= 0.3 is 0 Å². The Morgan fingerprint density at radius 2 is 2.33 bits per heavy atom. The standard InChI is InChI=1S/C16H26N4O/c1-3-17-15(20-13-16(2)9-6-12-21-16)19-11-8-14-7-4-5-10-18-14/h4-5,7,10H,3,6,8-9,11-13H2,1-2H3,(H2,17,19,20). The van der Waals surface area contributed by atoms with Gasteiger partial charge in [0.05, 0.1) is 12.1 Å². The van der Waals surface area contributed by atoms with Crippen LogP contribution in [0, 0.1) is 0 Å². The predicted octanol–water partition coefficient (Wildman–Crippen LogP) is 1.75. The number of guanidine groups is 1. The molecule has 1 saturated heterocycles. The van der Waals surface area contributed by atoms with E-state index < -0.39 is 0 Å². The number of rotatable bonds is 6. The second-order valence-electron chi connectivity index (χ2n) is 5.59. The van der Waals surface area contributed by atoms with E-state index in [0.29, 0.717) is 6.54 Å². The molecular formula is C16H26N4O. The van der Waals surface area contributed by atoms with Gasteiger partial charge in [-0.3, -0.25) is 9.98 Å². The molecule has 2 heterocycles. The van der Waals surface area contributed by atoms with Crippen molar-refractivity contribution in [2.24, 2.45) is 4.99 Å². The number of ether oxygens (including phenoxy) is 1. The van der Waals surface area contributed by atoms with Gasteiger partial charge in [-0.05, 0) is 38.8 Å². The average molecular weight is 290 g/mol. The molecule has 0 aliphatic carbocycles. The molecule has 2 N–H and O–H groups in total. The smallest absolute Gasteiger partial charge is 0.191 e. The van der Waals surface area contributed by atoms with Gasteiger partial charge in [0.15, 0.2) is 5.96 Å². The van der Waals surface area contributed by atoms with E-state index >= 15 is 0 Å². The van der Waals surface area contributed by atoms with E-state index in [4.69, 9.17) is 4.74 Å². The first-order chi connectivity index (χ1) is 10.2. The molecule has 2 rings (SSSR count). The second kappa shape index (κ2) is 7.98. The zero-order valence-electron chi connectivity index (χ0n) is 13.1. The fourth-order valence-corrected chi connectivity index (χ4v) is 2.40. The molecule has 1 atom stereocenters. The number of hydrogen-bond acceptors (Lipinski definition) is 3. The first-order valence-corrected chi connectivity index (χ1v) is 7.78. The summed E-state index contributed by atoms with van der Waals surface area (Å²) in [6.45, 7) is 7.44. The molecule has 0 amide bonds. The van der Waals surface area contributed by atoms with E-state index in [1.54, 1.807) is 0 Å². The van der Waals surface area contributed by atoms with Crippen molar-refractivity contribution in [3.63, 3.8) is 0 Å². The second-order valence-corrected chi connectivity index (χ2v) is 5.59. The van der Waals surface area contributed by atoms with Crippen LogP contribution in [-0.2, 0) is 11.2 Å². The van der Waals surface area contributed by atoms with Crippen molar-refractivity contribution >= 4 is 5.96 Å². The zero-order valence-corrected chi connectivity index (χ0v) is 13.1. The normalized spacial score (nSPS) is 22.3. The molecule has 0 bridgehead atoms. The summed E-state index contributed by atoms with van der Waals surface area (Å²) in [6, 6.07) is 5.99. The van der Waals surface area contributed by atoms with E-state index in [-0.39, 0.29) is 5.60 Å². The van der Waals surface area contributed by atoms with Crippen molar-refractivity contribution in [1.82, 2.24) is 15.6 Å². The quantitative estimate of drug-likeness (QED) is 0.619. The third kappa shape index (κ3) is 5.34. The van der Waals surface area contributed by atoms with Crippen LogP contribution in [0.1, 0.15) is 32.4 Å². The van der Waals surface area contributed by atoms with Crippen LogP contribution in [0.5, 0.6) is 0 Å². The van der Waals surface area contributed by atoms with Crippen LogP contribution in [0.2, 0.25) is 0 Å². The molecule has 21 heavy (non-hydrogen) atoms. The molecule has 1 fully saturated rings. The van der Waals surface area contributed by atoms with Crippen molar-refractivity contribution in [1.29, 1.82) is 0 Å². The molecule has 5 nitrogen and oxygen atoms in total. The predicted molar refractivity (Wildman–Crippen MR) is 85.5 cm³/mol. The van der Waals surface area contributed by atoms with Crippen LogP contribution < -0.4 is 10.6 Å². The first kappa shape index (κ1) is 15.8. The van der Waals surface area contributed by atoms with Gasteiger partial charge in [-0.1, -0.05) is 6.07 Å². The largest absolute Gasteiger partial charge is 0.373 e. The van der Waals surface area contributed by atoms with Gasteiger partial charge in [-0.25, -0.2) is 0 Å². The van der Waals surface area contributed by atoms with Crippen LogP contribution >= 0.6 is 0 Å². The van der Waals surface area contributed by atoms with Gasteiger partial charge in [0.1, 0.15) is 0 Å². The van der Waals surface area contributed by atoms with Crippen molar-refractivity contribution in [2.45, 2.75) is 38.7 Å². The minimum Gasteiger partial charge on any atom is -0.373 e. The maximum Gasteiger partial charge on any atom is 0.191 e. The lowest BCUT2D eigenvalue weighted by Crippen LogP contribution is -2.40. The SMILES string of the molecule is CCNC(=NCC1(C)CCCO1)NCCc1ccccn1. The van der Waals surface area contributed by atoms with E-state index in [9.17, 15) is 0 Å². The summed E-state index contributed by atoms with van der Waals surface area (Å²) in [5.74, 6) is 0.852. The number of pyridine rings is 1. The molecule has 0 saturated carbocycles. The Balaban J connectivity index is 1.80. The van der Waals surface area contributed by atoms with Gasteiger partial charge in [-0.15, -0.1) is 0 Å². The third-order valence-electron chi connectivity index (χ3n) is 3.62. The fourth-order valence-electron chi connectivity index (χ4n) is 2.40. The topological polar surface area (TPSA) is 58.5 Å². The Morgan fingerprint density at radius 3 is 3.00 bits per heavy atom. The highest BCUT2D eigenvalue weighted by Crippen LogP contribution is 2.24. The highest BCUT2D eigenvalue weighted by molar-refractivity contribution is 5.79. The molecule has 0 spiro atoms. The van der Waals surface area contributed by atoms with Gasteiger partial charge in [-0.2, -0.15) is 0 Å². The molecule has 0 radical (unpaired) electrons.